The Balaban J connectivity index is 1.48. The van der Waals surface area contributed by atoms with Crippen LogP contribution in [0.5, 0.6) is 11.5 Å². The molecular weight excluding hydrogens is 605 g/mol. The number of hydrogen-bond acceptors (Lipinski definition) is 8. The standard InChI is InChI=1S/C33H27ClFN3O7/c1-45-26-14-16(2-13-25(26)39)28-21-11-12-22-27(31(42)38(44)29(22)40)23(21)15-24-30(41)37(36-20-9-7-19(35)8-10-20)32(43)33(24,28)17-3-5-18(34)6-4-17/h2-11,13-14,22-24,27-28,36,39,44H,12,15H2,1H3/t22-,23+,24-,27-,28-,33+/m0/s1. The molecule has 3 aromatic rings. The fourth-order valence-electron chi connectivity index (χ4n) is 7.89. The van der Waals surface area contributed by atoms with Crippen LogP contribution in [0.15, 0.2) is 78.4 Å². The number of aromatic hydroxyl groups is 1. The second kappa shape index (κ2) is 10.4. The second-order valence-corrected chi connectivity index (χ2v) is 12.2. The lowest BCUT2D eigenvalue weighted by Gasteiger charge is -2.50. The van der Waals surface area contributed by atoms with Crippen molar-refractivity contribution in [1.29, 1.82) is 0 Å². The van der Waals surface area contributed by atoms with Crippen LogP contribution in [0.3, 0.4) is 0 Å². The third-order valence-corrected chi connectivity index (χ3v) is 10.0. The lowest BCUT2D eigenvalue weighted by Crippen LogP contribution is -2.53. The highest BCUT2D eigenvalue weighted by Gasteiger charge is 2.70. The number of ether oxygens (including phenoxy) is 1. The summed E-state index contributed by atoms with van der Waals surface area (Å²) in [4.78, 5) is 55.6. The van der Waals surface area contributed by atoms with E-state index in [1.807, 2.05) is 6.08 Å². The van der Waals surface area contributed by atoms with Crippen LogP contribution in [0.4, 0.5) is 10.1 Å². The number of allylic oxidation sites excluding steroid dienone is 2. The fraction of sp³-hybridized carbons (Fsp3) is 0.273. The summed E-state index contributed by atoms with van der Waals surface area (Å²) in [6.07, 6.45) is 2.01. The first-order chi connectivity index (χ1) is 21.6. The van der Waals surface area contributed by atoms with E-state index >= 15 is 0 Å². The number of halogens is 2. The van der Waals surface area contributed by atoms with Crippen LogP contribution in [-0.2, 0) is 24.6 Å². The van der Waals surface area contributed by atoms with E-state index in [2.05, 4.69) is 5.43 Å². The Bertz CT molecular complexity index is 1800. The number of hydroxylamine groups is 2. The number of imide groups is 2. The predicted octanol–water partition coefficient (Wildman–Crippen LogP) is 4.57. The number of benzene rings is 3. The molecule has 3 aromatic carbocycles. The van der Waals surface area contributed by atoms with Crippen molar-refractivity contribution in [2.45, 2.75) is 24.2 Å². The Kier molecular flexibility index (Phi) is 6.72. The van der Waals surface area contributed by atoms with Crippen LogP contribution in [-0.4, -0.2) is 51.1 Å². The van der Waals surface area contributed by atoms with Gasteiger partial charge in [-0.15, -0.1) is 0 Å². The molecule has 3 N–H and O–H groups in total. The molecule has 0 aromatic heterocycles. The Morgan fingerprint density at radius 3 is 2.36 bits per heavy atom. The van der Waals surface area contributed by atoms with Gasteiger partial charge in [-0.2, -0.15) is 10.1 Å². The smallest absolute Gasteiger partial charge is 0.260 e. The van der Waals surface area contributed by atoms with Crippen LogP contribution in [0.25, 0.3) is 0 Å². The minimum atomic E-state index is -1.57. The zero-order valence-corrected chi connectivity index (χ0v) is 24.6. The van der Waals surface area contributed by atoms with E-state index in [9.17, 15) is 33.9 Å². The van der Waals surface area contributed by atoms with Gasteiger partial charge in [0.15, 0.2) is 11.5 Å². The van der Waals surface area contributed by atoms with Gasteiger partial charge in [0, 0.05) is 10.9 Å². The van der Waals surface area contributed by atoms with E-state index < -0.39 is 64.5 Å². The summed E-state index contributed by atoms with van der Waals surface area (Å²) in [7, 11) is 1.39. The van der Waals surface area contributed by atoms with Crippen LogP contribution in [0, 0.1) is 29.5 Å². The molecule has 45 heavy (non-hydrogen) atoms. The van der Waals surface area contributed by atoms with Crippen LogP contribution >= 0.6 is 11.6 Å². The first-order valence-corrected chi connectivity index (χ1v) is 14.8. The summed E-state index contributed by atoms with van der Waals surface area (Å²) in [6.45, 7) is 0. The molecule has 6 atom stereocenters. The van der Waals surface area contributed by atoms with E-state index in [4.69, 9.17) is 16.3 Å². The Hall–Kier alpha value is -4.74. The van der Waals surface area contributed by atoms with Crippen LogP contribution in [0.2, 0.25) is 5.02 Å². The molecule has 10 nitrogen and oxygen atoms in total. The summed E-state index contributed by atoms with van der Waals surface area (Å²) in [5.74, 6) is -7.43. The summed E-state index contributed by atoms with van der Waals surface area (Å²) in [5, 5.41) is 22.3. The topological polar surface area (TPSA) is 136 Å². The van der Waals surface area contributed by atoms with E-state index in [1.54, 1.807) is 36.4 Å². The van der Waals surface area contributed by atoms with Crippen molar-refractivity contribution in [2.24, 2.45) is 23.7 Å². The van der Waals surface area contributed by atoms with E-state index in [-0.39, 0.29) is 29.4 Å². The number of hydrogen-bond donors (Lipinski definition) is 3. The van der Waals surface area contributed by atoms with Crippen molar-refractivity contribution in [3.05, 3.63) is 100 Å². The highest BCUT2D eigenvalue weighted by atomic mass is 35.5. The van der Waals surface area contributed by atoms with Crippen LogP contribution in [0.1, 0.15) is 29.9 Å². The molecule has 12 heteroatoms. The molecule has 230 valence electrons. The van der Waals surface area contributed by atoms with Gasteiger partial charge in [0.1, 0.15) is 5.82 Å². The number of fused-ring (bicyclic) bond motifs is 4. The van der Waals surface area contributed by atoms with Crippen molar-refractivity contribution >= 4 is 40.9 Å². The van der Waals surface area contributed by atoms with E-state index in [0.717, 1.165) is 5.01 Å². The van der Waals surface area contributed by atoms with Gasteiger partial charge in [-0.25, -0.2) is 4.39 Å². The number of amides is 4. The SMILES string of the molecule is COc1cc([C@H]2C3=CC[C@@H]4C(=O)N(O)C(=O)[C@@H]4[C@@H]3C[C@H]3C(=O)N(Nc4ccc(F)cc4)C(=O)[C@@]23c2ccc(Cl)cc2)ccc1O. The first kappa shape index (κ1) is 29.0. The number of nitrogens with one attached hydrogen (secondary N) is 1. The second-order valence-electron chi connectivity index (χ2n) is 11.8. The molecule has 7 rings (SSSR count). The Morgan fingerprint density at radius 2 is 1.67 bits per heavy atom. The van der Waals surface area contributed by atoms with Crippen molar-refractivity contribution in [1.82, 2.24) is 10.1 Å². The molecule has 4 aliphatic rings. The maximum absolute atomic E-state index is 15.0. The van der Waals surface area contributed by atoms with Gasteiger partial charge in [0.05, 0.1) is 36.0 Å². The predicted molar refractivity (Wildman–Crippen MR) is 157 cm³/mol. The largest absolute Gasteiger partial charge is 0.504 e. The average molecular weight is 632 g/mol. The molecule has 2 aliphatic heterocycles. The minimum absolute atomic E-state index is 0.0282. The van der Waals surface area contributed by atoms with Gasteiger partial charge in [-0.05, 0) is 78.4 Å². The summed E-state index contributed by atoms with van der Waals surface area (Å²) >= 11 is 6.27. The summed E-state index contributed by atoms with van der Waals surface area (Å²) in [5.41, 5.74) is 3.29. The highest BCUT2D eigenvalue weighted by Crippen LogP contribution is 2.64. The molecule has 0 unspecified atom stereocenters. The maximum atomic E-state index is 15.0. The molecular formula is C33H27ClFN3O7. The van der Waals surface area contributed by atoms with Crippen molar-refractivity contribution < 1.29 is 38.6 Å². The number of methoxy groups -OCH3 is 1. The zero-order chi connectivity index (χ0) is 31.8. The number of phenolic OH excluding ortho intramolecular Hbond substituents is 1. The molecule has 4 amide bonds. The first-order valence-electron chi connectivity index (χ1n) is 14.4. The summed E-state index contributed by atoms with van der Waals surface area (Å²) in [6, 6.07) is 16.5. The van der Waals surface area contributed by atoms with Crippen molar-refractivity contribution in [3.8, 4) is 11.5 Å². The quantitative estimate of drug-likeness (QED) is 0.212. The maximum Gasteiger partial charge on any atom is 0.260 e. The van der Waals surface area contributed by atoms with Gasteiger partial charge in [0.25, 0.3) is 23.6 Å². The molecule has 3 fully saturated rings. The number of rotatable bonds is 5. The van der Waals surface area contributed by atoms with Gasteiger partial charge in [-0.1, -0.05) is 41.4 Å². The van der Waals surface area contributed by atoms with Gasteiger partial charge in [-0.3, -0.25) is 29.8 Å². The number of anilines is 1. The lowest BCUT2D eigenvalue weighted by molar-refractivity contribution is -0.173. The van der Waals surface area contributed by atoms with Crippen molar-refractivity contribution in [2.75, 3.05) is 12.5 Å². The van der Waals surface area contributed by atoms with Gasteiger partial charge >= 0.3 is 0 Å². The number of carbonyl (C=O) groups excluding carboxylic acids is 4. The lowest BCUT2D eigenvalue weighted by atomic mass is 9.49. The molecule has 0 bridgehead atoms. The molecule has 0 radical (unpaired) electrons. The number of nitrogens with zero attached hydrogens (tertiary/aromatic N) is 2. The highest BCUT2D eigenvalue weighted by molar-refractivity contribution is 6.30. The van der Waals surface area contributed by atoms with Gasteiger partial charge < -0.3 is 9.84 Å². The third kappa shape index (κ3) is 4.10. The fourth-order valence-corrected chi connectivity index (χ4v) is 8.01. The van der Waals surface area contributed by atoms with E-state index in [1.165, 1.54) is 37.4 Å². The normalized spacial score (nSPS) is 28.9. The number of phenols is 1. The molecule has 0 spiro atoms. The molecule has 2 saturated heterocycles. The number of hydrazine groups is 1. The van der Waals surface area contributed by atoms with Crippen LogP contribution < -0.4 is 10.2 Å². The monoisotopic (exact) mass is 631 g/mol. The molecule has 2 aliphatic carbocycles. The minimum Gasteiger partial charge on any atom is -0.504 e. The Morgan fingerprint density at radius 1 is 0.956 bits per heavy atom. The van der Waals surface area contributed by atoms with E-state index in [0.29, 0.717) is 27.4 Å². The zero-order valence-electron chi connectivity index (χ0n) is 23.8. The molecule has 1 saturated carbocycles. The number of carbonyl (C=O) groups is 4. The third-order valence-electron chi connectivity index (χ3n) is 9.77. The Labute approximate surface area is 261 Å². The van der Waals surface area contributed by atoms with Gasteiger partial charge in [0.2, 0.25) is 0 Å². The molecule has 2 heterocycles. The van der Waals surface area contributed by atoms with Crippen molar-refractivity contribution in [3.63, 3.8) is 0 Å². The summed E-state index contributed by atoms with van der Waals surface area (Å²) < 4.78 is 19.1. The average Bonchev–Trinajstić information content (AvgIpc) is 3.39.